The lowest BCUT2D eigenvalue weighted by atomic mass is 10.2. The number of hydrogen-bond donors (Lipinski definition) is 2. The summed E-state index contributed by atoms with van der Waals surface area (Å²) in [7, 11) is 0. The molecule has 1 heterocycles. The summed E-state index contributed by atoms with van der Waals surface area (Å²) in [6.07, 6.45) is 5.82. The first-order valence-corrected chi connectivity index (χ1v) is 6.55. The normalized spacial score (nSPS) is 10.5. The molecule has 1 aromatic heterocycles. The molecule has 1 rings (SSSR count). The lowest BCUT2D eigenvalue weighted by Crippen LogP contribution is -2.10. The van der Waals surface area contributed by atoms with Gasteiger partial charge in [-0.15, -0.1) is 0 Å². The van der Waals surface area contributed by atoms with Gasteiger partial charge in [-0.2, -0.15) is 0 Å². The maximum Gasteiger partial charge on any atom is 0.134 e. The van der Waals surface area contributed by atoms with Gasteiger partial charge >= 0.3 is 0 Å². The van der Waals surface area contributed by atoms with E-state index in [1.165, 1.54) is 25.7 Å². The Kier molecular flexibility index (Phi) is 5.73. The summed E-state index contributed by atoms with van der Waals surface area (Å²) in [5, 5.41) is 3.36. The molecule has 96 valence electrons. The number of anilines is 2. The Hall–Kier alpha value is -1.32. The highest BCUT2D eigenvalue weighted by atomic mass is 15.1. The topological polar surface area (TPSA) is 63.8 Å². The molecular weight excluding hydrogens is 212 g/mol. The van der Waals surface area contributed by atoms with Crippen LogP contribution in [0.15, 0.2) is 0 Å². The summed E-state index contributed by atoms with van der Waals surface area (Å²) in [6.45, 7) is 7.18. The van der Waals surface area contributed by atoms with Crippen LogP contribution in [0.25, 0.3) is 0 Å². The molecule has 4 heteroatoms. The molecule has 0 aliphatic heterocycles. The van der Waals surface area contributed by atoms with Gasteiger partial charge in [0.15, 0.2) is 0 Å². The summed E-state index contributed by atoms with van der Waals surface area (Å²) in [5.74, 6) is 2.29. The van der Waals surface area contributed by atoms with Crippen molar-refractivity contribution in [1.29, 1.82) is 0 Å². The highest BCUT2D eigenvalue weighted by Crippen LogP contribution is 2.17. The van der Waals surface area contributed by atoms with E-state index < -0.39 is 0 Å². The second-order valence-corrected chi connectivity index (χ2v) is 4.34. The van der Waals surface area contributed by atoms with Crippen LogP contribution in [0.4, 0.5) is 11.6 Å². The summed E-state index contributed by atoms with van der Waals surface area (Å²) >= 11 is 0. The zero-order valence-corrected chi connectivity index (χ0v) is 11.2. The molecule has 0 atom stereocenters. The van der Waals surface area contributed by atoms with Crippen LogP contribution >= 0.6 is 0 Å². The van der Waals surface area contributed by atoms with Crippen molar-refractivity contribution in [2.75, 3.05) is 17.6 Å². The van der Waals surface area contributed by atoms with Crippen LogP contribution < -0.4 is 11.1 Å². The number of rotatable bonds is 7. The Morgan fingerprint density at radius 2 is 1.88 bits per heavy atom. The molecule has 17 heavy (non-hydrogen) atoms. The van der Waals surface area contributed by atoms with Crippen molar-refractivity contribution >= 4 is 11.6 Å². The molecule has 0 aliphatic carbocycles. The highest BCUT2D eigenvalue weighted by Gasteiger charge is 2.06. The molecule has 0 saturated heterocycles. The Morgan fingerprint density at radius 1 is 1.12 bits per heavy atom. The van der Waals surface area contributed by atoms with Crippen LogP contribution in [0.3, 0.4) is 0 Å². The number of unbranched alkanes of at least 4 members (excludes halogenated alkanes) is 3. The van der Waals surface area contributed by atoms with Crippen molar-refractivity contribution in [2.24, 2.45) is 0 Å². The van der Waals surface area contributed by atoms with Crippen LogP contribution in [0.2, 0.25) is 0 Å². The lowest BCUT2D eigenvalue weighted by Gasteiger charge is -2.11. The molecule has 1 aromatic rings. The first-order valence-electron chi connectivity index (χ1n) is 6.55. The number of nitrogens with one attached hydrogen (secondary N) is 1. The molecule has 0 fully saturated rings. The van der Waals surface area contributed by atoms with Crippen molar-refractivity contribution in [3.8, 4) is 0 Å². The predicted octanol–water partition coefficient (Wildman–Crippen LogP) is 2.92. The van der Waals surface area contributed by atoms with E-state index in [0.717, 1.165) is 30.2 Å². The summed E-state index contributed by atoms with van der Waals surface area (Å²) in [4.78, 5) is 8.70. The first-order chi connectivity index (χ1) is 8.19. The second-order valence-electron chi connectivity index (χ2n) is 4.34. The third kappa shape index (κ3) is 4.21. The minimum absolute atomic E-state index is 0.591. The third-order valence-corrected chi connectivity index (χ3v) is 2.87. The summed E-state index contributed by atoms with van der Waals surface area (Å²) in [6, 6.07) is 0. The minimum atomic E-state index is 0.591. The van der Waals surface area contributed by atoms with Crippen LogP contribution in [0.1, 0.15) is 50.9 Å². The number of aryl methyl sites for hydroxylation is 1. The highest BCUT2D eigenvalue weighted by molar-refractivity contribution is 5.54. The van der Waals surface area contributed by atoms with E-state index in [-0.39, 0.29) is 0 Å². The van der Waals surface area contributed by atoms with Crippen molar-refractivity contribution in [3.63, 3.8) is 0 Å². The van der Waals surface area contributed by atoms with E-state index in [4.69, 9.17) is 5.73 Å². The molecule has 0 amide bonds. The zero-order chi connectivity index (χ0) is 12.7. The fraction of sp³-hybridized carbons (Fsp3) is 0.692. The predicted molar refractivity (Wildman–Crippen MR) is 73.2 cm³/mol. The third-order valence-electron chi connectivity index (χ3n) is 2.87. The van der Waals surface area contributed by atoms with E-state index in [1.807, 2.05) is 13.8 Å². The van der Waals surface area contributed by atoms with Crippen molar-refractivity contribution in [1.82, 2.24) is 9.97 Å². The number of aromatic nitrogens is 2. The number of nitrogens with two attached hydrogens (primary N) is 1. The zero-order valence-electron chi connectivity index (χ0n) is 11.2. The molecule has 0 spiro atoms. The van der Waals surface area contributed by atoms with Crippen molar-refractivity contribution in [3.05, 3.63) is 11.4 Å². The Morgan fingerprint density at radius 3 is 2.53 bits per heavy atom. The quantitative estimate of drug-likeness (QED) is 0.714. The molecule has 4 nitrogen and oxygen atoms in total. The van der Waals surface area contributed by atoms with Crippen molar-refractivity contribution in [2.45, 2.75) is 52.9 Å². The SMILES string of the molecule is CCCCCCNc1nc(CC)nc(N)c1C. The standard InChI is InChI=1S/C13H24N4/c1-4-6-7-8-9-15-13-10(3)12(14)16-11(5-2)17-13/h4-9H2,1-3H3,(H3,14,15,16,17). The van der Waals surface area contributed by atoms with Crippen LogP contribution in [0, 0.1) is 6.92 Å². The monoisotopic (exact) mass is 236 g/mol. The van der Waals surface area contributed by atoms with Crippen LogP contribution in [0.5, 0.6) is 0 Å². The molecule has 0 radical (unpaired) electrons. The maximum atomic E-state index is 5.86. The van der Waals surface area contributed by atoms with Gasteiger partial charge in [0.2, 0.25) is 0 Å². The van der Waals surface area contributed by atoms with Gasteiger partial charge in [-0.05, 0) is 13.3 Å². The van der Waals surface area contributed by atoms with Gasteiger partial charge in [0.05, 0.1) is 0 Å². The van der Waals surface area contributed by atoms with Crippen LogP contribution in [-0.2, 0) is 6.42 Å². The lowest BCUT2D eigenvalue weighted by molar-refractivity contribution is 0.683. The van der Waals surface area contributed by atoms with E-state index >= 15 is 0 Å². The van der Waals surface area contributed by atoms with Gasteiger partial charge < -0.3 is 11.1 Å². The van der Waals surface area contributed by atoms with E-state index in [1.54, 1.807) is 0 Å². The first kappa shape index (κ1) is 13.7. The van der Waals surface area contributed by atoms with E-state index in [0.29, 0.717) is 5.82 Å². The Bertz CT molecular complexity index is 350. The van der Waals surface area contributed by atoms with Gasteiger partial charge in [0.25, 0.3) is 0 Å². The number of nitrogen functional groups attached to an aromatic ring is 1. The Labute approximate surface area is 104 Å². The van der Waals surface area contributed by atoms with Gasteiger partial charge in [0, 0.05) is 18.5 Å². The van der Waals surface area contributed by atoms with Gasteiger partial charge in [0.1, 0.15) is 17.5 Å². The van der Waals surface area contributed by atoms with Gasteiger partial charge in [-0.3, -0.25) is 0 Å². The minimum Gasteiger partial charge on any atom is -0.383 e. The van der Waals surface area contributed by atoms with Gasteiger partial charge in [-0.25, -0.2) is 9.97 Å². The van der Waals surface area contributed by atoms with Gasteiger partial charge in [-0.1, -0.05) is 33.1 Å². The number of hydrogen-bond acceptors (Lipinski definition) is 4. The largest absolute Gasteiger partial charge is 0.383 e. The smallest absolute Gasteiger partial charge is 0.134 e. The molecule has 3 N–H and O–H groups in total. The fourth-order valence-electron chi connectivity index (χ4n) is 1.67. The van der Waals surface area contributed by atoms with E-state index in [2.05, 4.69) is 22.2 Å². The Balaban J connectivity index is 2.54. The maximum absolute atomic E-state index is 5.86. The van der Waals surface area contributed by atoms with Crippen LogP contribution in [-0.4, -0.2) is 16.5 Å². The second kappa shape index (κ2) is 7.09. The average molecular weight is 236 g/mol. The molecule has 0 bridgehead atoms. The summed E-state index contributed by atoms with van der Waals surface area (Å²) < 4.78 is 0. The summed E-state index contributed by atoms with van der Waals surface area (Å²) in [5.41, 5.74) is 6.81. The number of nitrogens with zero attached hydrogens (tertiary/aromatic N) is 2. The van der Waals surface area contributed by atoms with Crippen molar-refractivity contribution < 1.29 is 0 Å². The fourth-order valence-corrected chi connectivity index (χ4v) is 1.67. The average Bonchev–Trinajstić information content (AvgIpc) is 2.33. The molecule has 0 aliphatic rings. The van der Waals surface area contributed by atoms with E-state index in [9.17, 15) is 0 Å². The molecular formula is C13H24N4. The molecule has 0 unspecified atom stereocenters. The molecule has 0 aromatic carbocycles. The molecule has 0 saturated carbocycles.